The lowest BCUT2D eigenvalue weighted by Crippen LogP contribution is -2.06. The van der Waals surface area contributed by atoms with E-state index in [0.717, 1.165) is 17.7 Å². The summed E-state index contributed by atoms with van der Waals surface area (Å²) in [7, 11) is 0. The third-order valence-corrected chi connectivity index (χ3v) is 3.56. The van der Waals surface area contributed by atoms with Crippen LogP contribution in [0.15, 0.2) is 42.5 Å². The van der Waals surface area contributed by atoms with Gasteiger partial charge in [0.05, 0.1) is 15.6 Å². The van der Waals surface area contributed by atoms with E-state index in [0.29, 0.717) is 22.3 Å². The number of halogens is 5. The molecule has 0 saturated carbocycles. The molecule has 0 aliphatic carbocycles. The zero-order valence-corrected chi connectivity index (χ0v) is 11.7. The van der Waals surface area contributed by atoms with Gasteiger partial charge in [0.2, 0.25) is 0 Å². The molecule has 0 aliphatic rings. The van der Waals surface area contributed by atoms with Crippen LogP contribution in [0.3, 0.4) is 0 Å². The van der Waals surface area contributed by atoms with Gasteiger partial charge < -0.3 is 5.32 Å². The van der Waals surface area contributed by atoms with Crippen LogP contribution in [0.4, 0.5) is 18.9 Å². The number of benzene rings is 2. The summed E-state index contributed by atoms with van der Waals surface area (Å²) in [4.78, 5) is 0. The first-order valence-electron chi connectivity index (χ1n) is 5.72. The zero-order chi connectivity index (χ0) is 14.8. The largest absolute Gasteiger partial charge is 0.416 e. The molecule has 0 fully saturated rings. The van der Waals surface area contributed by atoms with Gasteiger partial charge in [0.25, 0.3) is 0 Å². The lowest BCUT2D eigenvalue weighted by molar-refractivity contribution is -0.137. The number of hydrogen-bond acceptors (Lipinski definition) is 1. The maximum Gasteiger partial charge on any atom is 0.416 e. The van der Waals surface area contributed by atoms with Crippen molar-refractivity contribution < 1.29 is 13.2 Å². The lowest BCUT2D eigenvalue weighted by atomic mass is 10.1. The number of rotatable bonds is 3. The van der Waals surface area contributed by atoms with Crippen molar-refractivity contribution in [2.75, 3.05) is 5.32 Å². The van der Waals surface area contributed by atoms with E-state index in [9.17, 15) is 13.2 Å². The SMILES string of the molecule is FC(F)(F)c1cccc(NCc2cccc(Cl)c2Cl)c1. The highest BCUT2D eigenvalue weighted by Gasteiger charge is 2.30. The Morgan fingerprint density at radius 3 is 2.40 bits per heavy atom. The van der Waals surface area contributed by atoms with E-state index >= 15 is 0 Å². The molecule has 106 valence electrons. The van der Waals surface area contributed by atoms with Gasteiger partial charge in [-0.3, -0.25) is 0 Å². The molecule has 2 rings (SSSR count). The van der Waals surface area contributed by atoms with Crippen LogP contribution in [0.5, 0.6) is 0 Å². The molecule has 0 spiro atoms. The summed E-state index contributed by atoms with van der Waals surface area (Å²) in [5.74, 6) is 0. The van der Waals surface area contributed by atoms with Crippen LogP contribution in [0.25, 0.3) is 0 Å². The minimum atomic E-state index is -4.36. The Morgan fingerprint density at radius 1 is 1.00 bits per heavy atom. The molecule has 0 amide bonds. The molecule has 1 nitrogen and oxygen atoms in total. The Morgan fingerprint density at radius 2 is 1.70 bits per heavy atom. The first-order chi connectivity index (χ1) is 9.38. The maximum absolute atomic E-state index is 12.6. The molecule has 6 heteroatoms. The van der Waals surface area contributed by atoms with Crippen molar-refractivity contribution in [3.05, 3.63) is 63.6 Å². The smallest absolute Gasteiger partial charge is 0.381 e. The van der Waals surface area contributed by atoms with Crippen molar-refractivity contribution in [2.45, 2.75) is 12.7 Å². The topological polar surface area (TPSA) is 12.0 Å². The molecule has 2 aromatic rings. The Kier molecular flexibility index (Phi) is 4.45. The molecule has 1 N–H and O–H groups in total. The lowest BCUT2D eigenvalue weighted by Gasteiger charge is -2.11. The van der Waals surface area contributed by atoms with Crippen molar-refractivity contribution in [1.82, 2.24) is 0 Å². The Bertz CT molecular complexity index is 612. The fourth-order valence-corrected chi connectivity index (χ4v) is 2.07. The van der Waals surface area contributed by atoms with Gasteiger partial charge in [0.15, 0.2) is 0 Å². The van der Waals surface area contributed by atoms with Gasteiger partial charge in [-0.2, -0.15) is 13.2 Å². The van der Waals surface area contributed by atoms with Gasteiger partial charge in [0.1, 0.15) is 0 Å². The van der Waals surface area contributed by atoms with Gasteiger partial charge in [0, 0.05) is 12.2 Å². The maximum atomic E-state index is 12.6. The molecular weight excluding hydrogens is 310 g/mol. The van der Waals surface area contributed by atoms with E-state index in [1.165, 1.54) is 6.07 Å². The van der Waals surface area contributed by atoms with E-state index in [4.69, 9.17) is 23.2 Å². The van der Waals surface area contributed by atoms with Crippen molar-refractivity contribution in [3.63, 3.8) is 0 Å². The number of alkyl halides is 3. The highest BCUT2D eigenvalue weighted by atomic mass is 35.5. The van der Waals surface area contributed by atoms with Crippen LogP contribution >= 0.6 is 23.2 Å². The normalized spacial score (nSPS) is 11.4. The van der Waals surface area contributed by atoms with Gasteiger partial charge in [-0.15, -0.1) is 0 Å². The number of nitrogens with one attached hydrogen (secondary N) is 1. The second-order valence-corrected chi connectivity index (χ2v) is 4.93. The van der Waals surface area contributed by atoms with Crippen LogP contribution in [0.2, 0.25) is 10.0 Å². The molecule has 0 radical (unpaired) electrons. The van der Waals surface area contributed by atoms with Gasteiger partial charge in [-0.05, 0) is 29.8 Å². The standard InChI is InChI=1S/C14H10Cl2F3N/c15-12-6-1-3-9(13(12)16)8-20-11-5-2-4-10(7-11)14(17,18)19/h1-7,20H,8H2. The average Bonchev–Trinajstić information content (AvgIpc) is 2.40. The second-order valence-electron chi connectivity index (χ2n) is 4.15. The van der Waals surface area contributed by atoms with Crippen molar-refractivity contribution in [3.8, 4) is 0 Å². The van der Waals surface area contributed by atoms with Crippen LogP contribution < -0.4 is 5.32 Å². The average molecular weight is 320 g/mol. The van der Waals surface area contributed by atoms with E-state index in [2.05, 4.69) is 5.32 Å². The summed E-state index contributed by atoms with van der Waals surface area (Å²) in [5, 5.41) is 3.71. The molecule has 0 heterocycles. The van der Waals surface area contributed by atoms with Crippen LogP contribution in [0.1, 0.15) is 11.1 Å². The minimum absolute atomic E-state index is 0.292. The molecular formula is C14H10Cl2F3N. The van der Waals surface area contributed by atoms with Crippen molar-refractivity contribution in [1.29, 1.82) is 0 Å². The van der Waals surface area contributed by atoms with E-state index in [1.807, 2.05) is 0 Å². The third-order valence-electron chi connectivity index (χ3n) is 2.70. The molecule has 0 aliphatic heterocycles. The summed E-state index contributed by atoms with van der Waals surface area (Å²) in [6, 6.07) is 10.1. The minimum Gasteiger partial charge on any atom is -0.381 e. The molecule has 20 heavy (non-hydrogen) atoms. The fourth-order valence-electron chi connectivity index (χ4n) is 1.69. The molecule has 0 aromatic heterocycles. The summed E-state index contributed by atoms with van der Waals surface area (Å²) in [5.41, 5.74) is 0.395. The van der Waals surface area contributed by atoms with Crippen LogP contribution in [-0.2, 0) is 12.7 Å². The second kappa shape index (κ2) is 5.94. The fraction of sp³-hybridized carbons (Fsp3) is 0.143. The van der Waals surface area contributed by atoms with Gasteiger partial charge in [-0.25, -0.2) is 0 Å². The van der Waals surface area contributed by atoms with E-state index in [-0.39, 0.29) is 0 Å². The number of anilines is 1. The van der Waals surface area contributed by atoms with Crippen molar-refractivity contribution in [2.24, 2.45) is 0 Å². The Labute approximate surface area is 124 Å². The predicted molar refractivity (Wildman–Crippen MR) is 75.2 cm³/mol. The summed E-state index contributed by atoms with van der Waals surface area (Å²) < 4.78 is 37.7. The molecule has 0 saturated heterocycles. The highest BCUT2D eigenvalue weighted by Crippen LogP contribution is 2.31. The zero-order valence-electron chi connectivity index (χ0n) is 10.1. The van der Waals surface area contributed by atoms with E-state index in [1.54, 1.807) is 24.3 Å². The molecule has 0 bridgehead atoms. The third kappa shape index (κ3) is 3.58. The first kappa shape index (κ1) is 15.0. The molecule has 0 atom stereocenters. The summed E-state index contributed by atoms with van der Waals surface area (Å²) >= 11 is 11.9. The predicted octanol–water partition coefficient (Wildman–Crippen LogP) is 5.62. The van der Waals surface area contributed by atoms with Gasteiger partial charge in [-0.1, -0.05) is 41.4 Å². The Hall–Kier alpha value is -1.39. The van der Waals surface area contributed by atoms with E-state index < -0.39 is 11.7 Å². The number of hydrogen-bond donors (Lipinski definition) is 1. The monoisotopic (exact) mass is 319 g/mol. The van der Waals surface area contributed by atoms with Crippen molar-refractivity contribution >= 4 is 28.9 Å². The highest BCUT2D eigenvalue weighted by molar-refractivity contribution is 6.42. The van der Waals surface area contributed by atoms with Crippen LogP contribution in [-0.4, -0.2) is 0 Å². The van der Waals surface area contributed by atoms with Crippen LogP contribution in [0, 0.1) is 0 Å². The first-order valence-corrected chi connectivity index (χ1v) is 6.47. The summed E-state index contributed by atoms with van der Waals surface area (Å²) in [6.07, 6.45) is -4.36. The quantitative estimate of drug-likeness (QED) is 0.773. The molecule has 2 aromatic carbocycles. The van der Waals surface area contributed by atoms with Gasteiger partial charge >= 0.3 is 6.18 Å². The Balaban J connectivity index is 2.13. The molecule has 0 unspecified atom stereocenters. The summed E-state index contributed by atoms with van der Waals surface area (Å²) in [6.45, 7) is 0.292.